The van der Waals surface area contributed by atoms with Gasteiger partial charge in [-0.3, -0.25) is 4.68 Å². The standard InChI is InChI=1S/C15H22N6/c1-19(2)13-5-4-8-21(11-13)15-16-7-6-14(18-15)12-9-17-20(3)10-12/h6-7,9-10,13H,4-5,8,11H2,1-3H3. The Morgan fingerprint density at radius 3 is 2.90 bits per heavy atom. The third-order valence-corrected chi connectivity index (χ3v) is 4.05. The second-order valence-corrected chi connectivity index (χ2v) is 5.85. The summed E-state index contributed by atoms with van der Waals surface area (Å²) >= 11 is 0. The summed E-state index contributed by atoms with van der Waals surface area (Å²) in [6.45, 7) is 2.02. The number of aromatic nitrogens is 4. The Labute approximate surface area is 125 Å². The zero-order valence-corrected chi connectivity index (χ0v) is 12.9. The first kappa shape index (κ1) is 14.0. The molecule has 0 amide bonds. The highest BCUT2D eigenvalue weighted by atomic mass is 15.3. The van der Waals surface area contributed by atoms with Crippen molar-refractivity contribution in [3.05, 3.63) is 24.7 Å². The molecule has 2 aromatic heterocycles. The molecule has 3 heterocycles. The largest absolute Gasteiger partial charge is 0.339 e. The van der Waals surface area contributed by atoms with Gasteiger partial charge < -0.3 is 9.80 Å². The van der Waals surface area contributed by atoms with Crippen LogP contribution in [0.5, 0.6) is 0 Å². The fraction of sp³-hybridized carbons (Fsp3) is 0.533. The van der Waals surface area contributed by atoms with Crippen molar-refractivity contribution in [3.8, 4) is 11.3 Å². The molecule has 0 spiro atoms. The predicted molar refractivity (Wildman–Crippen MR) is 83.2 cm³/mol. The average Bonchev–Trinajstić information content (AvgIpc) is 2.94. The summed E-state index contributed by atoms with van der Waals surface area (Å²) in [7, 11) is 6.19. The van der Waals surface area contributed by atoms with Gasteiger partial charge in [-0.25, -0.2) is 9.97 Å². The highest BCUT2D eigenvalue weighted by molar-refractivity contribution is 5.58. The lowest BCUT2D eigenvalue weighted by Gasteiger charge is -2.36. The molecule has 21 heavy (non-hydrogen) atoms. The Morgan fingerprint density at radius 2 is 2.19 bits per heavy atom. The molecule has 6 heteroatoms. The molecule has 1 saturated heterocycles. The topological polar surface area (TPSA) is 50.1 Å². The van der Waals surface area contributed by atoms with Crippen LogP contribution in [0.25, 0.3) is 11.3 Å². The second-order valence-electron chi connectivity index (χ2n) is 5.85. The SMILES string of the molecule is CN(C)C1CCCN(c2nccc(-c3cnn(C)c3)n2)C1. The summed E-state index contributed by atoms with van der Waals surface area (Å²) in [5.41, 5.74) is 1.96. The first-order chi connectivity index (χ1) is 10.1. The van der Waals surface area contributed by atoms with E-state index in [2.05, 4.69) is 34.0 Å². The van der Waals surface area contributed by atoms with Crippen molar-refractivity contribution in [2.24, 2.45) is 7.05 Å². The monoisotopic (exact) mass is 286 g/mol. The van der Waals surface area contributed by atoms with Gasteiger partial charge in [0.25, 0.3) is 0 Å². The summed E-state index contributed by atoms with van der Waals surface area (Å²) in [6, 6.07) is 2.51. The van der Waals surface area contributed by atoms with E-state index in [1.807, 2.05) is 31.7 Å². The molecule has 1 unspecified atom stereocenters. The molecule has 1 aliphatic rings. The molecular weight excluding hydrogens is 264 g/mol. The molecule has 0 radical (unpaired) electrons. The van der Waals surface area contributed by atoms with E-state index < -0.39 is 0 Å². The van der Waals surface area contributed by atoms with Crippen LogP contribution < -0.4 is 4.90 Å². The lowest BCUT2D eigenvalue weighted by molar-refractivity contribution is 0.257. The Kier molecular flexibility index (Phi) is 3.88. The van der Waals surface area contributed by atoms with Gasteiger partial charge in [-0.1, -0.05) is 0 Å². The van der Waals surface area contributed by atoms with E-state index in [1.54, 1.807) is 4.68 Å². The average molecular weight is 286 g/mol. The Morgan fingerprint density at radius 1 is 1.33 bits per heavy atom. The molecule has 3 rings (SSSR count). The van der Waals surface area contributed by atoms with E-state index in [0.29, 0.717) is 6.04 Å². The Hall–Kier alpha value is -1.95. The van der Waals surface area contributed by atoms with Crippen LogP contribution in [0.1, 0.15) is 12.8 Å². The summed E-state index contributed by atoms with van der Waals surface area (Å²) in [4.78, 5) is 13.7. The highest BCUT2D eigenvalue weighted by Gasteiger charge is 2.23. The first-order valence-corrected chi connectivity index (χ1v) is 7.37. The molecular formula is C15H22N6. The second kappa shape index (κ2) is 5.81. The summed E-state index contributed by atoms with van der Waals surface area (Å²) < 4.78 is 1.79. The van der Waals surface area contributed by atoms with Gasteiger partial charge in [0.1, 0.15) is 0 Å². The fourth-order valence-corrected chi connectivity index (χ4v) is 2.77. The van der Waals surface area contributed by atoms with Gasteiger partial charge >= 0.3 is 0 Å². The normalized spacial score (nSPS) is 19.2. The van der Waals surface area contributed by atoms with Crippen LogP contribution in [0.15, 0.2) is 24.7 Å². The molecule has 1 aliphatic heterocycles. The van der Waals surface area contributed by atoms with Crippen LogP contribution in [0.2, 0.25) is 0 Å². The molecule has 0 saturated carbocycles. The van der Waals surface area contributed by atoms with Crippen molar-refractivity contribution in [1.82, 2.24) is 24.6 Å². The minimum Gasteiger partial charge on any atom is -0.339 e. The van der Waals surface area contributed by atoms with Crippen molar-refractivity contribution in [2.75, 3.05) is 32.1 Å². The van der Waals surface area contributed by atoms with Crippen LogP contribution in [0, 0.1) is 0 Å². The minimum absolute atomic E-state index is 0.574. The maximum atomic E-state index is 4.72. The quantitative estimate of drug-likeness (QED) is 0.854. The highest BCUT2D eigenvalue weighted by Crippen LogP contribution is 2.21. The maximum absolute atomic E-state index is 4.72. The molecule has 112 valence electrons. The molecule has 1 fully saturated rings. The summed E-state index contributed by atoms with van der Waals surface area (Å²) in [5, 5.41) is 4.21. The minimum atomic E-state index is 0.574. The van der Waals surface area contributed by atoms with Gasteiger partial charge in [-0.05, 0) is 33.0 Å². The van der Waals surface area contributed by atoms with Crippen molar-refractivity contribution >= 4 is 5.95 Å². The zero-order valence-electron chi connectivity index (χ0n) is 12.9. The molecule has 0 bridgehead atoms. The van der Waals surface area contributed by atoms with Crippen LogP contribution in [-0.4, -0.2) is 57.9 Å². The third kappa shape index (κ3) is 3.05. The van der Waals surface area contributed by atoms with Crippen molar-refractivity contribution in [2.45, 2.75) is 18.9 Å². The molecule has 1 atom stereocenters. The van der Waals surface area contributed by atoms with Crippen LogP contribution in [-0.2, 0) is 7.05 Å². The molecule has 0 N–H and O–H groups in total. The Balaban J connectivity index is 1.82. The summed E-state index contributed by atoms with van der Waals surface area (Å²) in [6.07, 6.45) is 8.08. The zero-order chi connectivity index (χ0) is 14.8. The van der Waals surface area contributed by atoms with Gasteiger partial charge in [0.05, 0.1) is 11.9 Å². The number of nitrogens with zero attached hydrogens (tertiary/aromatic N) is 6. The van der Waals surface area contributed by atoms with E-state index in [0.717, 1.165) is 30.3 Å². The number of hydrogen-bond acceptors (Lipinski definition) is 5. The first-order valence-electron chi connectivity index (χ1n) is 7.37. The van der Waals surface area contributed by atoms with Gasteiger partial charge in [-0.15, -0.1) is 0 Å². The molecule has 6 nitrogen and oxygen atoms in total. The van der Waals surface area contributed by atoms with E-state index in [1.165, 1.54) is 12.8 Å². The van der Waals surface area contributed by atoms with Gasteiger partial charge in [0.2, 0.25) is 5.95 Å². The Bertz CT molecular complexity index is 606. The van der Waals surface area contributed by atoms with Crippen molar-refractivity contribution in [3.63, 3.8) is 0 Å². The number of hydrogen-bond donors (Lipinski definition) is 0. The lowest BCUT2D eigenvalue weighted by Crippen LogP contribution is -2.45. The van der Waals surface area contributed by atoms with Crippen LogP contribution >= 0.6 is 0 Å². The van der Waals surface area contributed by atoms with E-state index >= 15 is 0 Å². The van der Waals surface area contributed by atoms with Gasteiger partial charge in [0, 0.05) is 44.1 Å². The smallest absolute Gasteiger partial charge is 0.225 e. The number of likely N-dealkylation sites (N-methyl/N-ethyl adjacent to an activating group) is 1. The van der Waals surface area contributed by atoms with Crippen LogP contribution in [0.3, 0.4) is 0 Å². The van der Waals surface area contributed by atoms with Crippen LogP contribution in [0.4, 0.5) is 5.95 Å². The predicted octanol–water partition coefficient (Wildman–Crippen LogP) is 1.41. The summed E-state index contributed by atoms with van der Waals surface area (Å²) in [5.74, 6) is 0.822. The van der Waals surface area contributed by atoms with Crippen molar-refractivity contribution in [1.29, 1.82) is 0 Å². The van der Waals surface area contributed by atoms with E-state index in [4.69, 9.17) is 4.98 Å². The molecule has 2 aromatic rings. The number of anilines is 1. The molecule has 0 aromatic carbocycles. The third-order valence-electron chi connectivity index (χ3n) is 4.05. The number of aryl methyl sites for hydroxylation is 1. The van der Waals surface area contributed by atoms with E-state index in [9.17, 15) is 0 Å². The number of piperidine rings is 1. The fourth-order valence-electron chi connectivity index (χ4n) is 2.77. The van der Waals surface area contributed by atoms with E-state index in [-0.39, 0.29) is 0 Å². The number of rotatable bonds is 3. The molecule has 0 aliphatic carbocycles. The van der Waals surface area contributed by atoms with Gasteiger partial charge in [0.15, 0.2) is 0 Å². The lowest BCUT2D eigenvalue weighted by atomic mass is 10.1. The maximum Gasteiger partial charge on any atom is 0.225 e. The van der Waals surface area contributed by atoms with Crippen molar-refractivity contribution < 1.29 is 0 Å². The van der Waals surface area contributed by atoms with Gasteiger partial charge in [-0.2, -0.15) is 5.10 Å².